The average Bonchev–Trinajstić information content (AvgIpc) is 2.75. The van der Waals surface area contributed by atoms with Crippen LogP contribution in [0.25, 0.3) is 0 Å². The molecule has 2 fully saturated rings. The van der Waals surface area contributed by atoms with Crippen molar-refractivity contribution in [3.63, 3.8) is 0 Å². The Bertz CT molecular complexity index is 413. The Morgan fingerprint density at radius 2 is 1.89 bits per heavy atom. The third-order valence-corrected chi connectivity index (χ3v) is 4.77. The second kappa shape index (κ2) is 5.59. The van der Waals surface area contributed by atoms with Crippen molar-refractivity contribution in [3.05, 3.63) is 35.6 Å². The molecule has 2 saturated carbocycles. The Hall–Kier alpha value is -0.930. The highest BCUT2D eigenvalue weighted by atomic mass is 19.1. The number of hydrogen-bond acceptors (Lipinski definition) is 2. The Balaban J connectivity index is 1.41. The zero-order chi connectivity index (χ0) is 13.2. The quantitative estimate of drug-likeness (QED) is 0.875. The number of benzene rings is 1. The normalized spacial score (nSPS) is 34.2. The van der Waals surface area contributed by atoms with Crippen LogP contribution in [0.3, 0.4) is 0 Å². The molecular formula is C16H22FNO. The molecule has 19 heavy (non-hydrogen) atoms. The predicted molar refractivity (Wildman–Crippen MR) is 73.5 cm³/mol. The molecule has 0 heterocycles. The topological polar surface area (TPSA) is 32.3 Å². The SMILES string of the molecule is OC1CCCC1CNC1CC(c2ccc(F)cc2)C1. The zero-order valence-electron chi connectivity index (χ0n) is 11.2. The van der Waals surface area contributed by atoms with Crippen molar-refractivity contribution in [2.75, 3.05) is 6.54 Å². The minimum atomic E-state index is -0.159. The van der Waals surface area contributed by atoms with Gasteiger partial charge in [0.05, 0.1) is 6.10 Å². The van der Waals surface area contributed by atoms with Crippen LogP contribution in [0.5, 0.6) is 0 Å². The van der Waals surface area contributed by atoms with E-state index in [9.17, 15) is 9.50 Å². The second-order valence-electron chi connectivity index (χ2n) is 6.08. The largest absolute Gasteiger partial charge is 0.393 e. The van der Waals surface area contributed by atoms with Crippen LogP contribution in [-0.2, 0) is 0 Å². The van der Waals surface area contributed by atoms with Gasteiger partial charge in [-0.25, -0.2) is 4.39 Å². The lowest BCUT2D eigenvalue weighted by Gasteiger charge is -2.37. The molecule has 1 aromatic carbocycles. The first kappa shape index (κ1) is 13.1. The van der Waals surface area contributed by atoms with Gasteiger partial charge in [0, 0.05) is 12.6 Å². The van der Waals surface area contributed by atoms with Crippen LogP contribution in [0, 0.1) is 11.7 Å². The van der Waals surface area contributed by atoms with E-state index < -0.39 is 0 Å². The van der Waals surface area contributed by atoms with E-state index in [1.54, 1.807) is 12.1 Å². The summed E-state index contributed by atoms with van der Waals surface area (Å²) in [5.74, 6) is 0.865. The maximum Gasteiger partial charge on any atom is 0.123 e. The maximum atomic E-state index is 12.8. The lowest BCUT2D eigenvalue weighted by molar-refractivity contribution is 0.125. The highest BCUT2D eigenvalue weighted by molar-refractivity contribution is 5.23. The molecule has 0 amide bonds. The van der Waals surface area contributed by atoms with Crippen molar-refractivity contribution in [3.8, 4) is 0 Å². The Morgan fingerprint density at radius 1 is 1.16 bits per heavy atom. The molecule has 104 valence electrons. The van der Waals surface area contributed by atoms with E-state index in [4.69, 9.17) is 0 Å². The minimum Gasteiger partial charge on any atom is -0.393 e. The Morgan fingerprint density at radius 3 is 2.53 bits per heavy atom. The lowest BCUT2D eigenvalue weighted by atomic mass is 9.75. The van der Waals surface area contributed by atoms with Gasteiger partial charge in [0.25, 0.3) is 0 Å². The van der Waals surface area contributed by atoms with Gasteiger partial charge in [-0.05, 0) is 55.2 Å². The molecule has 2 unspecified atom stereocenters. The van der Waals surface area contributed by atoms with Crippen LogP contribution < -0.4 is 5.32 Å². The van der Waals surface area contributed by atoms with E-state index in [0.29, 0.717) is 17.9 Å². The summed E-state index contributed by atoms with van der Waals surface area (Å²) in [5.41, 5.74) is 1.25. The molecule has 2 atom stereocenters. The molecular weight excluding hydrogens is 241 g/mol. The summed E-state index contributed by atoms with van der Waals surface area (Å²) in [7, 11) is 0. The van der Waals surface area contributed by atoms with Gasteiger partial charge in [-0.1, -0.05) is 18.6 Å². The number of halogens is 1. The summed E-state index contributed by atoms with van der Waals surface area (Å²) in [4.78, 5) is 0. The highest BCUT2D eigenvalue weighted by Gasteiger charge is 2.32. The number of nitrogens with one attached hydrogen (secondary N) is 1. The standard InChI is InChI=1S/C16H22FNO/c17-14-6-4-11(5-7-14)13-8-15(9-13)18-10-12-2-1-3-16(12)19/h4-7,12-13,15-16,18-19H,1-3,8-10H2. The van der Waals surface area contributed by atoms with Crippen molar-refractivity contribution >= 4 is 0 Å². The van der Waals surface area contributed by atoms with Crippen LogP contribution >= 0.6 is 0 Å². The molecule has 0 saturated heterocycles. The summed E-state index contributed by atoms with van der Waals surface area (Å²) in [5, 5.41) is 13.3. The van der Waals surface area contributed by atoms with Gasteiger partial charge < -0.3 is 10.4 Å². The van der Waals surface area contributed by atoms with Gasteiger partial charge >= 0.3 is 0 Å². The molecule has 0 bridgehead atoms. The molecule has 2 N–H and O–H groups in total. The van der Waals surface area contributed by atoms with Gasteiger partial charge in [0.15, 0.2) is 0 Å². The molecule has 3 rings (SSSR count). The molecule has 0 aromatic heterocycles. The number of rotatable bonds is 4. The number of aliphatic hydroxyl groups excluding tert-OH is 1. The van der Waals surface area contributed by atoms with Crippen molar-refractivity contribution < 1.29 is 9.50 Å². The first-order valence-corrected chi connectivity index (χ1v) is 7.39. The smallest absolute Gasteiger partial charge is 0.123 e. The van der Waals surface area contributed by atoms with E-state index in [2.05, 4.69) is 5.32 Å². The van der Waals surface area contributed by atoms with Crippen LogP contribution in [0.1, 0.15) is 43.6 Å². The van der Waals surface area contributed by atoms with E-state index in [-0.39, 0.29) is 11.9 Å². The fourth-order valence-electron chi connectivity index (χ4n) is 3.37. The van der Waals surface area contributed by atoms with Gasteiger partial charge in [0.2, 0.25) is 0 Å². The molecule has 0 aliphatic heterocycles. The van der Waals surface area contributed by atoms with Crippen LogP contribution in [0.4, 0.5) is 4.39 Å². The van der Waals surface area contributed by atoms with Crippen molar-refractivity contribution in [1.29, 1.82) is 0 Å². The first-order chi connectivity index (χ1) is 9.22. The second-order valence-corrected chi connectivity index (χ2v) is 6.08. The molecule has 2 aliphatic rings. The Labute approximate surface area is 114 Å². The van der Waals surface area contributed by atoms with Crippen LogP contribution in [0.2, 0.25) is 0 Å². The Kier molecular flexibility index (Phi) is 3.85. The van der Waals surface area contributed by atoms with Gasteiger partial charge in [-0.15, -0.1) is 0 Å². The molecule has 1 aromatic rings. The van der Waals surface area contributed by atoms with E-state index in [1.807, 2.05) is 12.1 Å². The molecule has 2 aliphatic carbocycles. The monoisotopic (exact) mass is 263 g/mol. The van der Waals surface area contributed by atoms with Crippen molar-refractivity contribution in [1.82, 2.24) is 5.32 Å². The summed E-state index contributed by atoms with van der Waals surface area (Å²) >= 11 is 0. The van der Waals surface area contributed by atoms with Gasteiger partial charge in [-0.3, -0.25) is 0 Å². The van der Waals surface area contributed by atoms with E-state index >= 15 is 0 Å². The van der Waals surface area contributed by atoms with Gasteiger partial charge in [-0.2, -0.15) is 0 Å². The summed E-state index contributed by atoms with van der Waals surface area (Å²) in [6.45, 7) is 0.946. The summed E-state index contributed by atoms with van der Waals surface area (Å²) in [6, 6.07) is 7.46. The van der Waals surface area contributed by atoms with Crippen molar-refractivity contribution in [2.24, 2.45) is 5.92 Å². The third-order valence-electron chi connectivity index (χ3n) is 4.77. The van der Waals surface area contributed by atoms with Crippen LogP contribution in [0.15, 0.2) is 24.3 Å². The van der Waals surface area contributed by atoms with E-state index in [0.717, 1.165) is 38.6 Å². The predicted octanol–water partition coefficient (Wildman–Crippen LogP) is 2.82. The molecule has 2 nitrogen and oxygen atoms in total. The van der Waals surface area contributed by atoms with Crippen LogP contribution in [-0.4, -0.2) is 23.8 Å². The highest BCUT2D eigenvalue weighted by Crippen LogP contribution is 2.37. The minimum absolute atomic E-state index is 0.0968. The third kappa shape index (κ3) is 2.98. The maximum absolute atomic E-state index is 12.8. The first-order valence-electron chi connectivity index (χ1n) is 7.39. The fourth-order valence-corrected chi connectivity index (χ4v) is 3.37. The average molecular weight is 263 g/mol. The molecule has 0 radical (unpaired) electrons. The van der Waals surface area contributed by atoms with Gasteiger partial charge in [0.1, 0.15) is 5.82 Å². The molecule has 3 heteroatoms. The summed E-state index contributed by atoms with van der Waals surface area (Å²) in [6.07, 6.45) is 5.46. The van der Waals surface area contributed by atoms with Crippen molar-refractivity contribution in [2.45, 2.75) is 50.2 Å². The fraction of sp³-hybridized carbons (Fsp3) is 0.625. The molecule has 0 spiro atoms. The lowest BCUT2D eigenvalue weighted by Crippen LogP contribution is -2.43. The number of hydrogen-bond donors (Lipinski definition) is 2. The zero-order valence-corrected chi connectivity index (χ0v) is 11.2. The summed E-state index contributed by atoms with van der Waals surface area (Å²) < 4.78 is 12.8. The van der Waals surface area contributed by atoms with E-state index in [1.165, 1.54) is 5.56 Å². The number of aliphatic hydroxyl groups is 1.